The van der Waals surface area contributed by atoms with Gasteiger partial charge in [0.25, 0.3) is 0 Å². The van der Waals surface area contributed by atoms with Crippen LogP contribution in [0.1, 0.15) is 48.8 Å². The summed E-state index contributed by atoms with van der Waals surface area (Å²) < 4.78 is 5.87. The van der Waals surface area contributed by atoms with Crippen LogP contribution in [0.5, 0.6) is 5.75 Å². The minimum Gasteiger partial charge on any atom is -0.491 e. The number of nitrogens with one attached hydrogen (secondary N) is 1. The highest BCUT2D eigenvalue weighted by Crippen LogP contribution is 2.27. The molecule has 2 rings (SSSR count). The summed E-state index contributed by atoms with van der Waals surface area (Å²) in [6.07, 6.45) is 1.24. The number of anilines is 1. The molecule has 1 aromatic carbocycles. The van der Waals surface area contributed by atoms with Crippen molar-refractivity contribution in [3.63, 3.8) is 0 Å². The molecule has 0 radical (unpaired) electrons. The molecule has 2 unspecified atom stereocenters. The van der Waals surface area contributed by atoms with E-state index in [0.717, 1.165) is 28.6 Å². The van der Waals surface area contributed by atoms with Crippen molar-refractivity contribution >= 4 is 17.0 Å². The topological polar surface area (TPSA) is 34.1 Å². The van der Waals surface area contributed by atoms with Gasteiger partial charge in [-0.2, -0.15) is 0 Å². The zero-order chi connectivity index (χ0) is 15.4. The van der Waals surface area contributed by atoms with Crippen LogP contribution in [0, 0.1) is 13.8 Å². The first kappa shape index (κ1) is 15.8. The van der Waals surface area contributed by atoms with E-state index in [-0.39, 0.29) is 12.1 Å². The molecule has 0 saturated heterocycles. The lowest BCUT2D eigenvalue weighted by Crippen LogP contribution is -2.11. The molecule has 2 atom stereocenters. The third kappa shape index (κ3) is 4.21. The Bertz CT molecular complexity index is 594. The SMILES string of the molecule is CCC(C)Oc1cccc(NC(C)c2nc(C)sc2C)c1. The largest absolute Gasteiger partial charge is 0.491 e. The maximum Gasteiger partial charge on any atom is 0.121 e. The number of hydrogen-bond donors (Lipinski definition) is 1. The van der Waals surface area contributed by atoms with Crippen molar-refractivity contribution in [3.05, 3.63) is 39.8 Å². The zero-order valence-corrected chi connectivity index (χ0v) is 14.3. The summed E-state index contributed by atoms with van der Waals surface area (Å²) in [7, 11) is 0. The summed E-state index contributed by atoms with van der Waals surface area (Å²) in [5.74, 6) is 0.910. The van der Waals surface area contributed by atoms with Gasteiger partial charge in [-0.3, -0.25) is 0 Å². The fourth-order valence-corrected chi connectivity index (χ4v) is 3.15. The molecule has 2 aromatic rings. The highest BCUT2D eigenvalue weighted by Gasteiger charge is 2.13. The highest BCUT2D eigenvalue weighted by atomic mass is 32.1. The van der Waals surface area contributed by atoms with E-state index in [4.69, 9.17) is 4.74 Å². The Balaban J connectivity index is 2.09. The summed E-state index contributed by atoms with van der Waals surface area (Å²) in [5.41, 5.74) is 2.19. The van der Waals surface area contributed by atoms with E-state index < -0.39 is 0 Å². The average molecular weight is 304 g/mol. The van der Waals surface area contributed by atoms with E-state index in [1.807, 2.05) is 12.1 Å². The number of aromatic nitrogens is 1. The highest BCUT2D eigenvalue weighted by molar-refractivity contribution is 7.11. The van der Waals surface area contributed by atoms with Gasteiger partial charge in [0.15, 0.2) is 0 Å². The Morgan fingerprint density at radius 3 is 2.67 bits per heavy atom. The normalized spacial score (nSPS) is 13.8. The molecule has 0 aliphatic heterocycles. The van der Waals surface area contributed by atoms with Crippen LogP contribution in [0.4, 0.5) is 5.69 Å². The van der Waals surface area contributed by atoms with Gasteiger partial charge in [-0.15, -0.1) is 11.3 Å². The average Bonchev–Trinajstić information content (AvgIpc) is 2.78. The Morgan fingerprint density at radius 2 is 2.05 bits per heavy atom. The number of rotatable bonds is 6. The molecule has 1 N–H and O–H groups in total. The summed E-state index contributed by atoms with van der Waals surface area (Å²) in [5, 5.41) is 4.62. The zero-order valence-electron chi connectivity index (χ0n) is 13.4. The molecule has 0 aliphatic carbocycles. The molecule has 0 saturated carbocycles. The van der Waals surface area contributed by atoms with E-state index >= 15 is 0 Å². The van der Waals surface area contributed by atoms with Crippen molar-refractivity contribution in [1.82, 2.24) is 4.98 Å². The van der Waals surface area contributed by atoms with E-state index in [1.54, 1.807) is 11.3 Å². The molecule has 0 bridgehead atoms. The van der Waals surface area contributed by atoms with Gasteiger partial charge >= 0.3 is 0 Å². The molecule has 1 heterocycles. The second-order valence-corrected chi connectivity index (χ2v) is 6.81. The van der Waals surface area contributed by atoms with Crippen molar-refractivity contribution in [2.75, 3.05) is 5.32 Å². The minimum absolute atomic E-state index is 0.189. The molecule has 0 fully saturated rings. The van der Waals surface area contributed by atoms with Crippen LogP contribution in [0.3, 0.4) is 0 Å². The molecule has 21 heavy (non-hydrogen) atoms. The number of thiazole rings is 1. The van der Waals surface area contributed by atoms with Crippen molar-refractivity contribution < 1.29 is 4.74 Å². The number of hydrogen-bond acceptors (Lipinski definition) is 4. The second-order valence-electron chi connectivity index (χ2n) is 5.40. The molecule has 0 spiro atoms. The van der Waals surface area contributed by atoms with Gasteiger partial charge < -0.3 is 10.1 Å². The van der Waals surface area contributed by atoms with Gasteiger partial charge in [-0.1, -0.05) is 13.0 Å². The van der Waals surface area contributed by atoms with E-state index in [2.05, 4.69) is 57.1 Å². The Morgan fingerprint density at radius 1 is 1.29 bits per heavy atom. The molecular formula is C17H24N2OS. The van der Waals surface area contributed by atoms with Gasteiger partial charge in [-0.05, 0) is 46.2 Å². The quantitative estimate of drug-likeness (QED) is 0.805. The fraction of sp³-hybridized carbons (Fsp3) is 0.471. The summed E-state index contributed by atoms with van der Waals surface area (Å²) in [4.78, 5) is 5.89. The van der Waals surface area contributed by atoms with Gasteiger partial charge in [0.1, 0.15) is 5.75 Å². The summed E-state index contributed by atoms with van der Waals surface area (Å²) >= 11 is 1.75. The maximum atomic E-state index is 5.87. The van der Waals surface area contributed by atoms with Crippen LogP contribution >= 0.6 is 11.3 Å². The van der Waals surface area contributed by atoms with Crippen molar-refractivity contribution in [2.24, 2.45) is 0 Å². The van der Waals surface area contributed by atoms with Crippen LogP contribution in [-0.2, 0) is 0 Å². The van der Waals surface area contributed by atoms with Crippen LogP contribution < -0.4 is 10.1 Å². The van der Waals surface area contributed by atoms with Crippen LogP contribution in [0.25, 0.3) is 0 Å². The molecule has 1 aromatic heterocycles. The first-order valence-electron chi connectivity index (χ1n) is 7.46. The van der Waals surface area contributed by atoms with E-state index in [9.17, 15) is 0 Å². The van der Waals surface area contributed by atoms with Crippen molar-refractivity contribution in [3.8, 4) is 5.75 Å². The van der Waals surface area contributed by atoms with Crippen LogP contribution in [0.2, 0.25) is 0 Å². The number of ether oxygens (including phenoxy) is 1. The van der Waals surface area contributed by atoms with E-state index in [0.29, 0.717) is 0 Å². The Kier molecular flexibility index (Phi) is 5.23. The number of aryl methyl sites for hydroxylation is 2. The van der Waals surface area contributed by atoms with Crippen molar-refractivity contribution in [1.29, 1.82) is 0 Å². The molecular weight excluding hydrogens is 280 g/mol. The minimum atomic E-state index is 0.189. The predicted octanol–water partition coefficient (Wildman–Crippen LogP) is 5.11. The molecule has 4 heteroatoms. The third-order valence-electron chi connectivity index (χ3n) is 3.48. The third-order valence-corrected chi connectivity index (χ3v) is 4.38. The van der Waals surface area contributed by atoms with Gasteiger partial charge in [-0.25, -0.2) is 4.98 Å². The predicted molar refractivity (Wildman–Crippen MR) is 90.4 cm³/mol. The van der Waals surface area contributed by atoms with Gasteiger partial charge in [0.2, 0.25) is 0 Å². The molecule has 3 nitrogen and oxygen atoms in total. The smallest absolute Gasteiger partial charge is 0.121 e. The van der Waals surface area contributed by atoms with Crippen LogP contribution in [0.15, 0.2) is 24.3 Å². The summed E-state index contributed by atoms with van der Waals surface area (Å²) in [6.45, 7) is 10.5. The summed E-state index contributed by atoms with van der Waals surface area (Å²) in [6, 6.07) is 8.33. The second kappa shape index (κ2) is 6.94. The Hall–Kier alpha value is -1.55. The first-order valence-corrected chi connectivity index (χ1v) is 8.28. The van der Waals surface area contributed by atoms with Crippen molar-refractivity contribution in [2.45, 2.75) is 53.2 Å². The lowest BCUT2D eigenvalue weighted by atomic mass is 10.2. The van der Waals surface area contributed by atoms with Gasteiger partial charge in [0, 0.05) is 16.6 Å². The molecule has 114 valence electrons. The number of nitrogens with zero attached hydrogens (tertiary/aromatic N) is 1. The lowest BCUT2D eigenvalue weighted by molar-refractivity contribution is 0.217. The Labute approximate surface area is 131 Å². The standard InChI is InChI=1S/C17H24N2OS/c1-6-11(2)20-16-9-7-8-15(10-16)18-12(3)17-13(4)21-14(5)19-17/h7-12,18H,6H2,1-5H3. The number of benzene rings is 1. The van der Waals surface area contributed by atoms with E-state index in [1.165, 1.54) is 4.88 Å². The van der Waals surface area contributed by atoms with Gasteiger partial charge in [0.05, 0.1) is 22.8 Å². The molecule has 0 aliphatic rings. The first-order chi connectivity index (χ1) is 9.99. The van der Waals surface area contributed by atoms with Crippen LogP contribution in [-0.4, -0.2) is 11.1 Å². The fourth-order valence-electron chi connectivity index (χ4n) is 2.24. The lowest BCUT2D eigenvalue weighted by Gasteiger charge is -2.17. The monoisotopic (exact) mass is 304 g/mol. The molecule has 0 amide bonds. The maximum absolute atomic E-state index is 5.87.